The Bertz CT molecular complexity index is 998. The minimum atomic E-state index is -1.58. The van der Waals surface area contributed by atoms with E-state index in [-0.39, 0.29) is 11.5 Å². The summed E-state index contributed by atoms with van der Waals surface area (Å²) in [6, 6.07) is 1.78. The van der Waals surface area contributed by atoms with Crippen molar-refractivity contribution >= 4 is 30.8 Å². The lowest BCUT2D eigenvalue weighted by molar-refractivity contribution is 1.02. The van der Waals surface area contributed by atoms with Crippen molar-refractivity contribution in [3.05, 3.63) is 45.9 Å². The van der Waals surface area contributed by atoms with Crippen molar-refractivity contribution in [3.8, 4) is 11.5 Å². The van der Waals surface area contributed by atoms with Gasteiger partial charge in [0.2, 0.25) is 5.95 Å². The van der Waals surface area contributed by atoms with Gasteiger partial charge in [-0.2, -0.15) is 4.98 Å². The van der Waals surface area contributed by atoms with Gasteiger partial charge in [-0.1, -0.05) is 31.6 Å². The Morgan fingerprint density at radius 3 is 2.52 bits per heavy atom. The molecule has 2 aromatic rings. The number of hydrogen-bond donors (Lipinski definition) is 1. The van der Waals surface area contributed by atoms with E-state index < -0.39 is 8.07 Å². The first-order valence-corrected chi connectivity index (χ1v) is 10.9. The average molecular weight is 322 g/mol. The van der Waals surface area contributed by atoms with E-state index in [0.29, 0.717) is 11.2 Å². The van der Waals surface area contributed by atoms with Crippen molar-refractivity contribution in [1.29, 1.82) is 0 Å². The third kappa shape index (κ3) is 2.83. The van der Waals surface area contributed by atoms with E-state index in [1.165, 1.54) is 0 Å². The molecule has 0 unspecified atom stereocenters. The molecule has 116 valence electrons. The number of aromatic nitrogens is 3. The molecule has 0 spiro atoms. The van der Waals surface area contributed by atoms with Crippen molar-refractivity contribution < 1.29 is 0 Å². The molecule has 0 saturated heterocycles. The molecule has 5 nitrogen and oxygen atoms in total. The van der Waals surface area contributed by atoms with Crippen LogP contribution in [0.5, 0.6) is 0 Å². The minimum Gasteiger partial charge on any atom is -0.368 e. The third-order valence-electron chi connectivity index (χ3n) is 3.43. The number of hydrogen-bond acceptors (Lipinski definition) is 4. The fraction of sp³-hybridized carbons (Fsp3) is 0.235. The van der Waals surface area contributed by atoms with Gasteiger partial charge in [0, 0.05) is 5.39 Å². The zero-order valence-corrected chi connectivity index (χ0v) is 14.6. The first-order valence-electron chi connectivity index (χ1n) is 7.38. The minimum absolute atomic E-state index is 0.160. The van der Waals surface area contributed by atoms with Gasteiger partial charge in [0.1, 0.15) is 8.07 Å². The predicted octanol–water partition coefficient (Wildman–Crippen LogP) is 2.32. The number of nitrogens with zero attached hydrogens (tertiary/aromatic N) is 3. The summed E-state index contributed by atoms with van der Waals surface area (Å²) < 4.78 is 1.56. The highest BCUT2D eigenvalue weighted by Gasteiger charge is 2.16. The number of rotatable bonds is 1. The summed E-state index contributed by atoms with van der Waals surface area (Å²) in [7, 11) is -1.58. The number of fused-ring (bicyclic) bond motifs is 1. The zero-order chi connectivity index (χ0) is 16.8. The molecule has 2 aromatic heterocycles. The van der Waals surface area contributed by atoms with Gasteiger partial charge in [0.25, 0.3) is 5.56 Å². The van der Waals surface area contributed by atoms with Gasteiger partial charge < -0.3 is 5.73 Å². The lowest BCUT2D eigenvalue weighted by Crippen LogP contribution is -2.25. The molecule has 0 amide bonds. The molecular weight excluding hydrogens is 304 g/mol. The Labute approximate surface area is 135 Å². The van der Waals surface area contributed by atoms with E-state index in [1.807, 2.05) is 25.2 Å². The van der Waals surface area contributed by atoms with Gasteiger partial charge in [-0.25, -0.2) is 4.98 Å². The molecule has 0 aromatic carbocycles. The maximum atomic E-state index is 12.9. The molecule has 0 bridgehead atoms. The van der Waals surface area contributed by atoms with Crippen molar-refractivity contribution in [3.63, 3.8) is 0 Å². The highest BCUT2D eigenvalue weighted by molar-refractivity contribution is 6.83. The molecule has 3 rings (SSSR count). The Balaban J connectivity index is 2.38. The normalized spacial score (nSPS) is 13.3. The zero-order valence-electron chi connectivity index (χ0n) is 13.6. The summed E-state index contributed by atoms with van der Waals surface area (Å²) in [6.45, 7) is 8.29. The molecule has 0 radical (unpaired) electrons. The highest BCUT2D eigenvalue weighted by atomic mass is 28.3. The maximum absolute atomic E-state index is 12.9. The molecule has 0 fully saturated rings. The second kappa shape index (κ2) is 5.21. The van der Waals surface area contributed by atoms with Crippen LogP contribution in [0, 0.1) is 18.4 Å². The van der Waals surface area contributed by atoms with Crippen LogP contribution in [0.3, 0.4) is 0 Å². The van der Waals surface area contributed by atoms with Crippen LogP contribution in [0.4, 0.5) is 5.95 Å². The quantitative estimate of drug-likeness (QED) is 0.646. The van der Waals surface area contributed by atoms with Crippen LogP contribution in [-0.4, -0.2) is 22.6 Å². The number of aryl methyl sites for hydroxylation is 1. The first kappa shape index (κ1) is 15.3. The summed E-state index contributed by atoms with van der Waals surface area (Å²) in [5.41, 5.74) is 11.4. The molecule has 2 N–H and O–H groups in total. The monoisotopic (exact) mass is 322 g/mol. The van der Waals surface area contributed by atoms with E-state index in [9.17, 15) is 4.79 Å². The smallest absolute Gasteiger partial charge is 0.272 e. The second-order valence-corrected chi connectivity index (χ2v) is 11.3. The molecule has 6 heteroatoms. The molecule has 1 aliphatic carbocycles. The first-order chi connectivity index (χ1) is 10.8. The lowest BCUT2D eigenvalue weighted by Gasteiger charge is -2.15. The van der Waals surface area contributed by atoms with Gasteiger partial charge in [-0.3, -0.25) is 9.36 Å². The van der Waals surface area contributed by atoms with Crippen molar-refractivity contribution in [2.24, 2.45) is 0 Å². The largest absolute Gasteiger partial charge is 0.368 e. The molecule has 1 aliphatic rings. The standard InChI is InChI=1S/C17H18N4OSi/c1-11-14-10-12(8-9-23(2,3)4)16(22)21(13-6-5-7-13)15(14)20-17(18)19-11/h5-7,10H,1-4H3,(H2,18,19,20). The Morgan fingerprint density at radius 1 is 1.26 bits per heavy atom. The van der Waals surface area contributed by atoms with Crippen LogP contribution in [0.25, 0.3) is 16.7 Å². The van der Waals surface area contributed by atoms with Crippen LogP contribution in [0.2, 0.25) is 19.6 Å². The van der Waals surface area contributed by atoms with Gasteiger partial charge in [-0.05, 0) is 25.1 Å². The van der Waals surface area contributed by atoms with E-state index in [0.717, 1.165) is 16.8 Å². The summed E-state index contributed by atoms with van der Waals surface area (Å²) in [5.74, 6) is 3.23. The summed E-state index contributed by atoms with van der Waals surface area (Å²) in [4.78, 5) is 21.3. The summed E-state index contributed by atoms with van der Waals surface area (Å²) in [5, 5.41) is 0.792. The SMILES string of the molecule is Cc1nc(N)nc2c1cc(C#C[Si](C)(C)C)c(=O)n2C1=CC=C1. The number of nitrogens with two attached hydrogens (primary N) is 1. The Morgan fingerprint density at radius 2 is 1.96 bits per heavy atom. The van der Waals surface area contributed by atoms with Crippen LogP contribution in [0.1, 0.15) is 11.3 Å². The van der Waals surface area contributed by atoms with Crippen LogP contribution in [-0.2, 0) is 0 Å². The average Bonchev–Trinajstić information content (AvgIpc) is 2.37. The van der Waals surface area contributed by atoms with Crippen LogP contribution < -0.4 is 11.3 Å². The number of nitrogen functional groups attached to an aromatic ring is 1. The van der Waals surface area contributed by atoms with E-state index in [4.69, 9.17) is 5.73 Å². The Hall–Kier alpha value is -2.65. The number of anilines is 1. The third-order valence-corrected chi connectivity index (χ3v) is 4.31. The molecule has 0 aliphatic heterocycles. The van der Waals surface area contributed by atoms with Gasteiger partial charge >= 0.3 is 0 Å². The maximum Gasteiger partial charge on any atom is 0.272 e. The highest BCUT2D eigenvalue weighted by Crippen LogP contribution is 2.22. The fourth-order valence-corrected chi connectivity index (χ4v) is 2.77. The lowest BCUT2D eigenvalue weighted by atomic mass is 10.1. The fourth-order valence-electron chi connectivity index (χ4n) is 2.27. The topological polar surface area (TPSA) is 73.8 Å². The van der Waals surface area contributed by atoms with Crippen LogP contribution >= 0.6 is 0 Å². The molecule has 0 atom stereocenters. The van der Waals surface area contributed by atoms with Crippen molar-refractivity contribution in [2.75, 3.05) is 5.73 Å². The van der Waals surface area contributed by atoms with E-state index in [2.05, 4.69) is 41.1 Å². The van der Waals surface area contributed by atoms with E-state index in [1.54, 1.807) is 10.6 Å². The summed E-state index contributed by atoms with van der Waals surface area (Å²) >= 11 is 0. The number of allylic oxidation sites excluding steroid dienone is 4. The number of pyridine rings is 1. The van der Waals surface area contributed by atoms with Gasteiger partial charge in [0.15, 0.2) is 5.65 Å². The van der Waals surface area contributed by atoms with Crippen molar-refractivity contribution in [2.45, 2.75) is 26.6 Å². The predicted molar refractivity (Wildman–Crippen MR) is 96.6 cm³/mol. The van der Waals surface area contributed by atoms with Gasteiger partial charge in [-0.15, -0.1) is 5.54 Å². The molecule has 0 saturated carbocycles. The molecule has 2 heterocycles. The summed E-state index contributed by atoms with van der Waals surface area (Å²) in [6.07, 6.45) is 5.61. The Kier molecular flexibility index (Phi) is 3.46. The van der Waals surface area contributed by atoms with Gasteiger partial charge in [0.05, 0.1) is 17.0 Å². The van der Waals surface area contributed by atoms with E-state index >= 15 is 0 Å². The molecular formula is C17H18N4OSi. The second-order valence-electron chi connectivity index (χ2n) is 6.55. The molecule has 23 heavy (non-hydrogen) atoms. The van der Waals surface area contributed by atoms with Crippen molar-refractivity contribution in [1.82, 2.24) is 14.5 Å². The van der Waals surface area contributed by atoms with Crippen LogP contribution in [0.15, 0.2) is 29.1 Å².